The first-order valence-electron chi connectivity index (χ1n) is 5.81. The Labute approximate surface area is 106 Å². The van der Waals surface area contributed by atoms with E-state index in [1.54, 1.807) is 18.3 Å². The molecule has 1 N–H and O–H groups in total. The van der Waals surface area contributed by atoms with Crippen LogP contribution in [0.5, 0.6) is 5.75 Å². The van der Waals surface area contributed by atoms with E-state index in [1.165, 1.54) is 0 Å². The maximum absolute atomic E-state index is 9.58. The second-order valence-corrected chi connectivity index (χ2v) is 4.36. The molecule has 0 spiro atoms. The van der Waals surface area contributed by atoms with Gasteiger partial charge in [0.25, 0.3) is 0 Å². The number of fused-ring (bicyclic) bond motifs is 1. The van der Waals surface area contributed by atoms with Crippen LogP contribution in [0.2, 0.25) is 0 Å². The Kier molecular flexibility index (Phi) is 3.33. The first-order valence-corrected chi connectivity index (χ1v) is 5.81. The van der Waals surface area contributed by atoms with Crippen LogP contribution < -0.4 is 4.90 Å². The van der Waals surface area contributed by atoms with Gasteiger partial charge >= 0.3 is 0 Å². The molecule has 1 unspecified atom stereocenters. The molecule has 1 heterocycles. The number of rotatable bonds is 3. The van der Waals surface area contributed by atoms with E-state index in [4.69, 9.17) is 5.26 Å². The Balaban J connectivity index is 2.50. The number of hydrogen-bond donors (Lipinski definition) is 1. The van der Waals surface area contributed by atoms with Crippen LogP contribution in [0, 0.1) is 11.3 Å². The minimum absolute atomic E-state index is 0.0791. The summed E-state index contributed by atoms with van der Waals surface area (Å²) in [5, 5.41) is 20.2. The molecule has 0 bridgehead atoms. The van der Waals surface area contributed by atoms with Gasteiger partial charge in [-0.05, 0) is 30.5 Å². The Morgan fingerprint density at radius 3 is 2.94 bits per heavy atom. The van der Waals surface area contributed by atoms with Crippen molar-refractivity contribution >= 4 is 16.6 Å². The van der Waals surface area contributed by atoms with Crippen molar-refractivity contribution in [2.24, 2.45) is 0 Å². The number of aromatic nitrogens is 1. The summed E-state index contributed by atoms with van der Waals surface area (Å²) in [6, 6.07) is 9.36. The van der Waals surface area contributed by atoms with Crippen LogP contribution in [0.25, 0.3) is 10.8 Å². The van der Waals surface area contributed by atoms with E-state index in [1.807, 2.05) is 31.0 Å². The van der Waals surface area contributed by atoms with E-state index in [2.05, 4.69) is 11.1 Å². The fourth-order valence-corrected chi connectivity index (χ4v) is 1.90. The Morgan fingerprint density at radius 1 is 1.44 bits per heavy atom. The molecule has 1 aromatic carbocycles. The summed E-state index contributed by atoms with van der Waals surface area (Å²) in [5.41, 5.74) is 0. The smallest absolute Gasteiger partial charge is 0.136 e. The van der Waals surface area contributed by atoms with Gasteiger partial charge in [-0.1, -0.05) is 6.07 Å². The molecule has 0 aliphatic carbocycles. The highest BCUT2D eigenvalue weighted by Crippen LogP contribution is 2.28. The molecule has 4 heteroatoms. The summed E-state index contributed by atoms with van der Waals surface area (Å²) in [4.78, 5) is 6.32. The molecule has 1 aromatic heterocycles. The quantitative estimate of drug-likeness (QED) is 0.897. The lowest BCUT2D eigenvalue weighted by molar-refractivity contribution is 0.476. The van der Waals surface area contributed by atoms with Gasteiger partial charge in [-0.3, -0.25) is 0 Å². The Morgan fingerprint density at radius 2 is 2.22 bits per heavy atom. The number of anilines is 1. The van der Waals surface area contributed by atoms with E-state index in [0.29, 0.717) is 6.42 Å². The average Bonchev–Trinajstić information content (AvgIpc) is 2.37. The SMILES string of the molecule is CC(CC#N)N(C)c1nccc2ccc(O)cc12. The first kappa shape index (κ1) is 12.2. The van der Waals surface area contributed by atoms with Crippen molar-refractivity contribution in [2.45, 2.75) is 19.4 Å². The molecular weight excluding hydrogens is 226 g/mol. The lowest BCUT2D eigenvalue weighted by atomic mass is 10.1. The van der Waals surface area contributed by atoms with Crippen LogP contribution in [-0.4, -0.2) is 23.2 Å². The summed E-state index contributed by atoms with van der Waals surface area (Å²) in [5.74, 6) is 1.00. The summed E-state index contributed by atoms with van der Waals surface area (Å²) < 4.78 is 0. The van der Waals surface area contributed by atoms with Crippen molar-refractivity contribution in [3.8, 4) is 11.8 Å². The Bertz CT molecular complexity index is 604. The molecule has 4 nitrogen and oxygen atoms in total. The van der Waals surface area contributed by atoms with E-state index >= 15 is 0 Å². The lowest BCUT2D eigenvalue weighted by Crippen LogP contribution is -2.29. The number of benzene rings is 1. The van der Waals surface area contributed by atoms with Crippen LogP contribution in [0.3, 0.4) is 0 Å². The minimum atomic E-state index is 0.0791. The van der Waals surface area contributed by atoms with Crippen molar-refractivity contribution < 1.29 is 5.11 Å². The van der Waals surface area contributed by atoms with E-state index in [9.17, 15) is 5.11 Å². The third kappa shape index (κ3) is 2.21. The summed E-state index contributed by atoms with van der Waals surface area (Å²) in [6.07, 6.45) is 2.18. The number of pyridine rings is 1. The summed E-state index contributed by atoms with van der Waals surface area (Å²) in [7, 11) is 1.91. The normalized spacial score (nSPS) is 12.1. The van der Waals surface area contributed by atoms with Gasteiger partial charge in [0.1, 0.15) is 11.6 Å². The largest absolute Gasteiger partial charge is 0.508 e. The molecule has 0 aliphatic heterocycles. The zero-order valence-corrected chi connectivity index (χ0v) is 10.5. The molecule has 0 aliphatic rings. The topological polar surface area (TPSA) is 60.2 Å². The number of nitriles is 1. The van der Waals surface area contributed by atoms with Gasteiger partial charge in [0.05, 0.1) is 12.5 Å². The van der Waals surface area contributed by atoms with Crippen LogP contribution in [0.15, 0.2) is 30.5 Å². The van der Waals surface area contributed by atoms with Crippen molar-refractivity contribution in [1.29, 1.82) is 5.26 Å². The highest BCUT2D eigenvalue weighted by Gasteiger charge is 2.13. The van der Waals surface area contributed by atoms with E-state index < -0.39 is 0 Å². The first-order chi connectivity index (χ1) is 8.63. The number of aromatic hydroxyl groups is 1. The van der Waals surface area contributed by atoms with Gasteiger partial charge in [-0.25, -0.2) is 4.98 Å². The van der Waals surface area contributed by atoms with Gasteiger partial charge < -0.3 is 10.0 Å². The monoisotopic (exact) mass is 241 g/mol. The van der Waals surface area contributed by atoms with Crippen molar-refractivity contribution in [2.75, 3.05) is 11.9 Å². The van der Waals surface area contributed by atoms with E-state index in [0.717, 1.165) is 16.6 Å². The molecule has 2 aromatic rings. The van der Waals surface area contributed by atoms with Gasteiger partial charge in [-0.2, -0.15) is 5.26 Å². The molecule has 18 heavy (non-hydrogen) atoms. The highest BCUT2D eigenvalue weighted by atomic mass is 16.3. The highest BCUT2D eigenvalue weighted by molar-refractivity contribution is 5.93. The van der Waals surface area contributed by atoms with Crippen molar-refractivity contribution in [1.82, 2.24) is 4.98 Å². The zero-order valence-electron chi connectivity index (χ0n) is 10.5. The predicted molar refractivity (Wildman–Crippen MR) is 71.5 cm³/mol. The molecule has 92 valence electrons. The predicted octanol–water partition coefficient (Wildman–Crippen LogP) is 2.68. The van der Waals surface area contributed by atoms with Gasteiger partial charge in [0.2, 0.25) is 0 Å². The summed E-state index contributed by atoms with van der Waals surface area (Å²) in [6.45, 7) is 1.98. The lowest BCUT2D eigenvalue weighted by Gasteiger charge is -2.25. The van der Waals surface area contributed by atoms with Crippen molar-refractivity contribution in [3.05, 3.63) is 30.5 Å². The number of nitrogens with zero attached hydrogens (tertiary/aromatic N) is 3. The molecule has 2 rings (SSSR count). The van der Waals surface area contributed by atoms with Crippen LogP contribution in [0.4, 0.5) is 5.82 Å². The van der Waals surface area contributed by atoms with Gasteiger partial charge in [0.15, 0.2) is 0 Å². The average molecular weight is 241 g/mol. The minimum Gasteiger partial charge on any atom is -0.508 e. The van der Waals surface area contributed by atoms with Crippen LogP contribution in [-0.2, 0) is 0 Å². The number of hydrogen-bond acceptors (Lipinski definition) is 4. The summed E-state index contributed by atoms with van der Waals surface area (Å²) >= 11 is 0. The molecule has 0 saturated carbocycles. The Hall–Kier alpha value is -2.28. The molecule has 0 fully saturated rings. The van der Waals surface area contributed by atoms with Crippen molar-refractivity contribution in [3.63, 3.8) is 0 Å². The van der Waals surface area contributed by atoms with E-state index in [-0.39, 0.29) is 11.8 Å². The molecule has 1 atom stereocenters. The van der Waals surface area contributed by atoms with Gasteiger partial charge in [-0.15, -0.1) is 0 Å². The fourth-order valence-electron chi connectivity index (χ4n) is 1.90. The molecule has 0 saturated heterocycles. The second kappa shape index (κ2) is 4.92. The maximum Gasteiger partial charge on any atom is 0.136 e. The maximum atomic E-state index is 9.58. The number of phenolic OH excluding ortho intramolecular Hbond substituents is 1. The fraction of sp³-hybridized carbons (Fsp3) is 0.286. The third-order valence-electron chi connectivity index (χ3n) is 3.11. The third-order valence-corrected chi connectivity index (χ3v) is 3.11. The van der Waals surface area contributed by atoms with Crippen LogP contribution >= 0.6 is 0 Å². The zero-order chi connectivity index (χ0) is 13.1. The molecular formula is C14H15N3O. The van der Waals surface area contributed by atoms with Gasteiger partial charge in [0, 0.05) is 24.7 Å². The standard InChI is InChI=1S/C14H15N3O/c1-10(5-7-15)17(2)14-13-9-12(18)4-3-11(13)6-8-16-14/h3-4,6,8-10,18H,5H2,1-2H3. The second-order valence-electron chi connectivity index (χ2n) is 4.36. The van der Waals surface area contributed by atoms with Crippen LogP contribution in [0.1, 0.15) is 13.3 Å². The molecule has 0 radical (unpaired) electrons. The number of phenols is 1. The molecule has 0 amide bonds.